The molecule has 1 saturated carbocycles. The van der Waals surface area contributed by atoms with Gasteiger partial charge in [-0.05, 0) is 44.2 Å². The molecule has 16 heavy (non-hydrogen) atoms. The van der Waals surface area contributed by atoms with Crippen LogP contribution in [0.3, 0.4) is 0 Å². The van der Waals surface area contributed by atoms with E-state index < -0.39 is 11.9 Å². The first-order valence-corrected chi connectivity index (χ1v) is 5.30. The molecule has 4 N–H and O–H groups in total. The van der Waals surface area contributed by atoms with Gasteiger partial charge in [-0.3, -0.25) is 0 Å². The number of rotatable bonds is 0. The third-order valence-corrected chi connectivity index (χ3v) is 3.18. The Kier molecular flexibility index (Phi) is 4.26. The minimum Gasteiger partial charge on any atom is -0.473 e. The molecule has 0 aromatic rings. The van der Waals surface area contributed by atoms with Gasteiger partial charge in [0, 0.05) is 0 Å². The molecule has 6 nitrogen and oxygen atoms in total. The van der Waals surface area contributed by atoms with Crippen LogP contribution < -0.4 is 5.32 Å². The quantitative estimate of drug-likeness (QED) is 0.425. The lowest BCUT2D eigenvalue weighted by Crippen LogP contribution is -2.47. The Morgan fingerprint density at radius 1 is 1.06 bits per heavy atom. The van der Waals surface area contributed by atoms with Crippen LogP contribution in [0.4, 0.5) is 0 Å². The molecule has 2 rings (SSSR count). The van der Waals surface area contributed by atoms with E-state index >= 15 is 0 Å². The highest BCUT2D eigenvalue weighted by molar-refractivity contribution is 6.27. The number of carbonyl (C=O) groups is 2. The van der Waals surface area contributed by atoms with Gasteiger partial charge in [0.25, 0.3) is 0 Å². The number of hydrogen-bond donors (Lipinski definition) is 4. The van der Waals surface area contributed by atoms with Gasteiger partial charge in [-0.2, -0.15) is 0 Å². The molecule has 0 atom stereocenters. The van der Waals surface area contributed by atoms with E-state index in [9.17, 15) is 0 Å². The highest BCUT2D eigenvalue weighted by Gasteiger charge is 2.43. The summed E-state index contributed by atoms with van der Waals surface area (Å²) in [5.74, 6) is -3.65. The Morgan fingerprint density at radius 3 is 1.81 bits per heavy atom. The van der Waals surface area contributed by atoms with Crippen molar-refractivity contribution in [2.24, 2.45) is 5.41 Å². The molecule has 2 fully saturated rings. The highest BCUT2D eigenvalue weighted by atomic mass is 16.4. The van der Waals surface area contributed by atoms with Crippen molar-refractivity contribution in [2.45, 2.75) is 31.8 Å². The van der Waals surface area contributed by atoms with Crippen LogP contribution in [0.5, 0.6) is 0 Å². The molecule has 0 aromatic heterocycles. The lowest BCUT2D eigenvalue weighted by molar-refractivity contribution is -0.159. The van der Waals surface area contributed by atoms with Gasteiger partial charge in [0.15, 0.2) is 0 Å². The second kappa shape index (κ2) is 5.27. The Morgan fingerprint density at radius 2 is 1.50 bits per heavy atom. The molecule has 6 heteroatoms. The largest absolute Gasteiger partial charge is 0.473 e. The van der Waals surface area contributed by atoms with Crippen molar-refractivity contribution in [2.75, 3.05) is 13.1 Å². The molecule has 92 valence electrons. The molecular formula is C10H17NO5. The molecule has 2 aliphatic rings. The molecular weight excluding hydrogens is 214 g/mol. The van der Waals surface area contributed by atoms with Gasteiger partial charge in [-0.25, -0.2) is 9.59 Å². The van der Waals surface area contributed by atoms with E-state index in [4.69, 9.17) is 24.9 Å². The molecule has 1 aliphatic heterocycles. The van der Waals surface area contributed by atoms with E-state index in [2.05, 4.69) is 5.32 Å². The molecule has 0 aromatic carbocycles. The first-order valence-electron chi connectivity index (χ1n) is 5.30. The Bertz CT molecular complexity index is 245. The number of aliphatic carboxylic acids is 2. The SMILES string of the molecule is O=C(O)C(=O)O.OC1CC2(CCNCC2)C1. The van der Waals surface area contributed by atoms with Crippen LogP contribution in [-0.2, 0) is 9.59 Å². The molecule has 0 amide bonds. The van der Waals surface area contributed by atoms with Crippen LogP contribution in [0, 0.1) is 5.41 Å². The number of hydrogen-bond acceptors (Lipinski definition) is 4. The maximum atomic E-state index is 9.14. The van der Waals surface area contributed by atoms with Crippen molar-refractivity contribution >= 4 is 11.9 Å². The van der Waals surface area contributed by atoms with Gasteiger partial charge in [0.1, 0.15) is 0 Å². The fourth-order valence-electron chi connectivity index (χ4n) is 2.31. The van der Waals surface area contributed by atoms with Crippen LogP contribution in [0.1, 0.15) is 25.7 Å². The smallest absolute Gasteiger partial charge is 0.414 e. The monoisotopic (exact) mass is 231 g/mol. The number of aliphatic hydroxyl groups is 1. The highest BCUT2D eigenvalue weighted by Crippen LogP contribution is 2.47. The zero-order chi connectivity index (χ0) is 12.2. The van der Waals surface area contributed by atoms with Gasteiger partial charge in [-0.15, -0.1) is 0 Å². The number of nitrogens with one attached hydrogen (secondary N) is 1. The van der Waals surface area contributed by atoms with Crippen molar-refractivity contribution in [1.82, 2.24) is 5.32 Å². The number of carboxylic acids is 2. The standard InChI is InChI=1S/C8H15NO.C2H2O4/c10-7-5-8(6-7)1-3-9-4-2-8;3-1(4)2(5)6/h7,9-10H,1-6H2;(H,3,4)(H,5,6). The third kappa shape index (κ3) is 3.46. The van der Waals surface area contributed by atoms with Crippen molar-refractivity contribution in [3.63, 3.8) is 0 Å². The fraction of sp³-hybridized carbons (Fsp3) is 0.800. The molecule has 1 spiro atoms. The molecule has 1 heterocycles. The van der Waals surface area contributed by atoms with E-state index in [1.807, 2.05) is 0 Å². The number of piperidine rings is 1. The van der Waals surface area contributed by atoms with E-state index in [1.165, 1.54) is 12.8 Å². The summed E-state index contributed by atoms with van der Waals surface area (Å²) in [6, 6.07) is 0. The van der Waals surface area contributed by atoms with Crippen molar-refractivity contribution in [3.8, 4) is 0 Å². The minimum absolute atomic E-state index is 0.0260. The zero-order valence-electron chi connectivity index (χ0n) is 8.98. The molecule has 0 radical (unpaired) electrons. The van der Waals surface area contributed by atoms with E-state index in [0.29, 0.717) is 5.41 Å². The van der Waals surface area contributed by atoms with Gasteiger partial charge < -0.3 is 20.6 Å². The predicted octanol–water partition coefficient (Wildman–Crippen LogP) is -0.333. The Hall–Kier alpha value is -1.14. The van der Waals surface area contributed by atoms with Crippen molar-refractivity contribution < 1.29 is 24.9 Å². The van der Waals surface area contributed by atoms with Gasteiger partial charge in [0.05, 0.1) is 6.10 Å². The topological polar surface area (TPSA) is 107 Å². The van der Waals surface area contributed by atoms with Crippen LogP contribution in [-0.4, -0.2) is 46.5 Å². The molecule has 1 aliphatic carbocycles. The lowest BCUT2D eigenvalue weighted by Gasteiger charge is -2.48. The number of carboxylic acid groups (broad SMARTS) is 2. The fourth-order valence-corrected chi connectivity index (χ4v) is 2.31. The first kappa shape index (κ1) is 12.9. The average molecular weight is 231 g/mol. The summed E-state index contributed by atoms with van der Waals surface area (Å²) in [6.07, 6.45) is 4.72. The summed E-state index contributed by atoms with van der Waals surface area (Å²) in [5.41, 5.74) is 0.560. The summed E-state index contributed by atoms with van der Waals surface area (Å²) in [5, 5.41) is 27.3. The predicted molar refractivity (Wildman–Crippen MR) is 55.0 cm³/mol. The van der Waals surface area contributed by atoms with Gasteiger partial charge >= 0.3 is 11.9 Å². The normalized spacial score (nSPS) is 22.8. The van der Waals surface area contributed by atoms with Crippen LogP contribution in [0.15, 0.2) is 0 Å². The van der Waals surface area contributed by atoms with E-state index in [-0.39, 0.29) is 6.10 Å². The Labute approximate surface area is 93.3 Å². The summed E-state index contributed by atoms with van der Waals surface area (Å²) in [6.45, 7) is 2.32. The van der Waals surface area contributed by atoms with Crippen molar-refractivity contribution in [1.29, 1.82) is 0 Å². The van der Waals surface area contributed by atoms with Crippen molar-refractivity contribution in [3.05, 3.63) is 0 Å². The van der Waals surface area contributed by atoms with E-state index in [1.54, 1.807) is 0 Å². The number of aliphatic hydroxyl groups excluding tert-OH is 1. The minimum atomic E-state index is -1.82. The summed E-state index contributed by atoms with van der Waals surface area (Å²) >= 11 is 0. The van der Waals surface area contributed by atoms with Crippen LogP contribution >= 0.6 is 0 Å². The summed E-state index contributed by atoms with van der Waals surface area (Å²) in [7, 11) is 0. The third-order valence-electron chi connectivity index (χ3n) is 3.18. The maximum absolute atomic E-state index is 9.14. The Balaban J connectivity index is 0.000000187. The maximum Gasteiger partial charge on any atom is 0.414 e. The first-order chi connectivity index (χ1) is 7.45. The zero-order valence-corrected chi connectivity index (χ0v) is 8.98. The van der Waals surface area contributed by atoms with Gasteiger partial charge in [0.2, 0.25) is 0 Å². The second-order valence-corrected chi connectivity index (χ2v) is 4.42. The van der Waals surface area contributed by atoms with Gasteiger partial charge in [-0.1, -0.05) is 0 Å². The molecule has 1 saturated heterocycles. The van der Waals surface area contributed by atoms with E-state index in [0.717, 1.165) is 25.9 Å². The molecule has 0 unspecified atom stereocenters. The lowest BCUT2D eigenvalue weighted by atomic mass is 9.62. The average Bonchev–Trinajstić information content (AvgIpc) is 2.18. The second-order valence-electron chi connectivity index (χ2n) is 4.42. The summed E-state index contributed by atoms with van der Waals surface area (Å²) in [4.78, 5) is 18.2. The van der Waals surface area contributed by atoms with Crippen LogP contribution in [0.25, 0.3) is 0 Å². The molecule has 0 bridgehead atoms. The van der Waals surface area contributed by atoms with Crippen LogP contribution in [0.2, 0.25) is 0 Å². The summed E-state index contributed by atoms with van der Waals surface area (Å²) < 4.78 is 0.